The highest BCUT2D eigenvalue weighted by Crippen LogP contribution is 2.29. The lowest BCUT2D eigenvalue weighted by Crippen LogP contribution is -2.69. The normalized spacial score (nSPS) is 22.6. The second-order valence-electron chi connectivity index (χ2n) is 4.46. The minimum absolute atomic E-state index is 0.0727. The predicted octanol–water partition coefficient (Wildman–Crippen LogP) is 1.19. The summed E-state index contributed by atoms with van der Waals surface area (Å²) in [5.74, 6) is 1.26. The molecule has 0 atom stereocenters. The third kappa shape index (κ3) is 2.14. The van der Waals surface area contributed by atoms with Crippen molar-refractivity contribution < 1.29 is 14.5 Å². The summed E-state index contributed by atoms with van der Waals surface area (Å²) in [5, 5.41) is 0. The van der Waals surface area contributed by atoms with E-state index in [0.717, 1.165) is 11.3 Å². The topological polar surface area (TPSA) is 40.3 Å². The number of hydrogen-bond donors (Lipinski definition) is 1. The summed E-state index contributed by atoms with van der Waals surface area (Å²) < 4.78 is 5.84. The first kappa shape index (κ1) is 12.4. The maximum absolute atomic E-state index is 12.4. The summed E-state index contributed by atoms with van der Waals surface area (Å²) in [6, 6.07) is 7.74. The van der Waals surface area contributed by atoms with Crippen LogP contribution in [0.25, 0.3) is 6.08 Å². The number of carbonyl (C=O) groups is 1. The molecule has 1 aromatic carbocycles. The molecule has 0 amide bonds. The maximum Gasteiger partial charge on any atom is 0.259 e. The largest absolute Gasteiger partial charge is 0.456 e. The van der Waals surface area contributed by atoms with Crippen molar-refractivity contribution in [1.29, 1.82) is 0 Å². The Morgan fingerprint density at radius 1 is 1.00 bits per heavy atom. The van der Waals surface area contributed by atoms with E-state index in [9.17, 15) is 4.79 Å². The number of allylic oxidation sites excluding steroid dienone is 6. The van der Waals surface area contributed by atoms with Crippen molar-refractivity contribution in [2.45, 2.75) is 0 Å². The minimum atomic E-state index is -0.0727. The highest BCUT2D eigenvalue weighted by atomic mass is 16.5. The van der Waals surface area contributed by atoms with Gasteiger partial charge in [0.2, 0.25) is 5.71 Å². The second-order valence-corrected chi connectivity index (χ2v) is 4.46. The number of ketones is 1. The standard InChI is InChI=1S/C17H13NO2/c1-18-14-8-4-3-7-13(17(14)19)16-11-10-12-6-2-5-9-15(12)20-16/h2-11H,1H3/p+1/b16-13-,18-14?. The molecule has 2 aliphatic rings. The van der Waals surface area contributed by atoms with Crippen molar-refractivity contribution in [3.05, 3.63) is 71.5 Å². The van der Waals surface area contributed by atoms with Crippen LogP contribution in [-0.2, 0) is 4.79 Å². The van der Waals surface area contributed by atoms with E-state index in [4.69, 9.17) is 4.74 Å². The quantitative estimate of drug-likeness (QED) is 0.715. The molecule has 1 heterocycles. The summed E-state index contributed by atoms with van der Waals surface area (Å²) in [6.07, 6.45) is 11.0. The van der Waals surface area contributed by atoms with Gasteiger partial charge in [-0.05, 0) is 24.3 Å². The average molecular weight is 264 g/mol. The van der Waals surface area contributed by atoms with Crippen LogP contribution in [0, 0.1) is 0 Å². The number of carbonyl (C=O) groups excluding carboxylic acids is 1. The molecule has 1 aliphatic heterocycles. The summed E-state index contributed by atoms with van der Waals surface area (Å²) in [6.45, 7) is 0. The van der Waals surface area contributed by atoms with Gasteiger partial charge in [-0.2, -0.15) is 0 Å². The zero-order valence-corrected chi connectivity index (χ0v) is 11.1. The number of fused-ring (bicyclic) bond motifs is 1. The van der Waals surface area contributed by atoms with Gasteiger partial charge in [-0.1, -0.05) is 30.4 Å². The lowest BCUT2D eigenvalue weighted by atomic mass is 10.0. The minimum Gasteiger partial charge on any atom is -0.456 e. The lowest BCUT2D eigenvalue weighted by molar-refractivity contribution is -0.417. The van der Waals surface area contributed by atoms with Crippen molar-refractivity contribution in [3.8, 4) is 5.75 Å². The molecule has 0 radical (unpaired) electrons. The van der Waals surface area contributed by atoms with E-state index in [1.54, 1.807) is 19.2 Å². The molecular weight excluding hydrogens is 250 g/mol. The van der Waals surface area contributed by atoms with Crippen LogP contribution in [-0.4, -0.2) is 18.5 Å². The van der Waals surface area contributed by atoms with Crippen molar-refractivity contribution in [3.63, 3.8) is 0 Å². The maximum atomic E-state index is 12.4. The number of para-hydroxylation sites is 1. The predicted molar refractivity (Wildman–Crippen MR) is 78.3 cm³/mol. The van der Waals surface area contributed by atoms with Crippen LogP contribution >= 0.6 is 0 Å². The molecule has 1 aliphatic carbocycles. The van der Waals surface area contributed by atoms with E-state index in [1.807, 2.05) is 48.6 Å². The van der Waals surface area contributed by atoms with Crippen LogP contribution in [0.4, 0.5) is 0 Å². The molecule has 98 valence electrons. The van der Waals surface area contributed by atoms with Gasteiger partial charge in [0.25, 0.3) is 5.78 Å². The van der Waals surface area contributed by atoms with E-state index >= 15 is 0 Å². The van der Waals surface area contributed by atoms with Gasteiger partial charge in [-0.3, -0.25) is 4.79 Å². The van der Waals surface area contributed by atoms with Crippen LogP contribution < -0.4 is 9.73 Å². The molecule has 0 bridgehead atoms. The number of ether oxygens (including phenoxy) is 1. The number of benzene rings is 1. The molecule has 0 unspecified atom stereocenters. The van der Waals surface area contributed by atoms with Gasteiger partial charge < -0.3 is 4.74 Å². The van der Waals surface area contributed by atoms with Crippen LogP contribution in [0.15, 0.2) is 66.0 Å². The van der Waals surface area contributed by atoms with Crippen molar-refractivity contribution >= 4 is 17.6 Å². The Morgan fingerprint density at radius 2 is 1.80 bits per heavy atom. The number of rotatable bonds is 0. The van der Waals surface area contributed by atoms with Gasteiger partial charge >= 0.3 is 0 Å². The van der Waals surface area contributed by atoms with Crippen molar-refractivity contribution in [2.24, 2.45) is 0 Å². The molecule has 1 aromatic rings. The Kier molecular flexibility index (Phi) is 3.17. The van der Waals surface area contributed by atoms with Gasteiger partial charge in [0.1, 0.15) is 18.6 Å². The van der Waals surface area contributed by atoms with Gasteiger partial charge in [-0.15, -0.1) is 0 Å². The number of Topliss-reactive ketones (excluding diaryl/α,β-unsaturated/α-hetero) is 1. The summed E-state index contributed by atoms with van der Waals surface area (Å²) in [4.78, 5) is 15.3. The zero-order valence-electron chi connectivity index (χ0n) is 11.1. The molecule has 3 rings (SSSR count). The Labute approximate surface area is 117 Å². The Hall–Kier alpha value is -2.68. The van der Waals surface area contributed by atoms with Crippen LogP contribution in [0.5, 0.6) is 5.75 Å². The fourth-order valence-electron chi connectivity index (χ4n) is 2.16. The first-order chi connectivity index (χ1) is 9.79. The van der Waals surface area contributed by atoms with Gasteiger partial charge in [-0.25, -0.2) is 4.99 Å². The van der Waals surface area contributed by atoms with E-state index in [2.05, 4.69) is 4.99 Å². The molecule has 1 N–H and O–H groups in total. The molecule has 3 heteroatoms. The highest BCUT2D eigenvalue weighted by Gasteiger charge is 2.23. The first-order valence-corrected chi connectivity index (χ1v) is 6.43. The smallest absolute Gasteiger partial charge is 0.259 e. The highest BCUT2D eigenvalue weighted by molar-refractivity contribution is 6.48. The van der Waals surface area contributed by atoms with Crippen LogP contribution in [0.3, 0.4) is 0 Å². The summed E-state index contributed by atoms with van der Waals surface area (Å²) in [5.41, 5.74) is 2.11. The van der Waals surface area contributed by atoms with Crippen LogP contribution in [0.2, 0.25) is 0 Å². The molecule has 0 saturated heterocycles. The van der Waals surface area contributed by atoms with E-state index in [1.165, 1.54) is 0 Å². The molecule has 0 spiro atoms. The molecular formula is C17H14NO2+. The summed E-state index contributed by atoms with van der Waals surface area (Å²) in [7, 11) is 1.73. The van der Waals surface area contributed by atoms with E-state index < -0.39 is 0 Å². The monoisotopic (exact) mass is 264 g/mol. The second kappa shape index (κ2) is 5.13. The van der Waals surface area contributed by atoms with E-state index in [-0.39, 0.29) is 5.78 Å². The van der Waals surface area contributed by atoms with Crippen molar-refractivity contribution in [1.82, 2.24) is 0 Å². The third-order valence-corrected chi connectivity index (χ3v) is 3.21. The SMILES string of the molecule is C[NH+]=C1C=CC=C/C(=C2\C=Cc3ccccc3O2)C1=O. The lowest BCUT2D eigenvalue weighted by Gasteiger charge is -2.15. The molecule has 3 nitrogen and oxygen atoms in total. The number of nitrogens with one attached hydrogen (secondary N) is 1. The van der Waals surface area contributed by atoms with Gasteiger partial charge in [0.05, 0.1) is 5.57 Å². The zero-order chi connectivity index (χ0) is 13.9. The van der Waals surface area contributed by atoms with Gasteiger partial charge in [0, 0.05) is 11.6 Å². The Morgan fingerprint density at radius 3 is 2.65 bits per heavy atom. The number of hydrogen-bond acceptors (Lipinski definition) is 2. The third-order valence-electron chi connectivity index (χ3n) is 3.21. The van der Waals surface area contributed by atoms with Gasteiger partial charge in [0.15, 0.2) is 0 Å². The summed E-state index contributed by atoms with van der Waals surface area (Å²) >= 11 is 0. The Bertz CT molecular complexity index is 718. The molecule has 0 saturated carbocycles. The van der Waals surface area contributed by atoms with Crippen molar-refractivity contribution in [2.75, 3.05) is 7.05 Å². The molecule has 20 heavy (non-hydrogen) atoms. The fraction of sp³-hybridized carbons (Fsp3) is 0.0588. The molecule has 0 aromatic heterocycles. The fourth-order valence-corrected chi connectivity index (χ4v) is 2.16. The average Bonchev–Trinajstić information content (AvgIpc) is 2.68. The first-order valence-electron chi connectivity index (χ1n) is 6.43. The molecule has 0 fully saturated rings. The van der Waals surface area contributed by atoms with E-state index in [0.29, 0.717) is 17.0 Å². The van der Waals surface area contributed by atoms with Crippen LogP contribution in [0.1, 0.15) is 5.56 Å². The Balaban J connectivity index is 2.06.